The number of benzene rings is 1. The zero-order chi connectivity index (χ0) is 15.1. The standard InChI is InChI=1S/C17H26N2O2/c1-3-12-21-17(20)15-4-6-16(7-5-15)18-13-14-8-10-19(2)11-9-14/h4-7,14,18H,3,8-13H2,1-2H3. The fraction of sp³-hybridized carbons (Fsp3) is 0.588. The van der Waals surface area contributed by atoms with Gasteiger partial charge in [-0.3, -0.25) is 0 Å². The maximum Gasteiger partial charge on any atom is 0.338 e. The van der Waals surface area contributed by atoms with Gasteiger partial charge in [-0.05, 0) is 69.6 Å². The van der Waals surface area contributed by atoms with Gasteiger partial charge in [-0.1, -0.05) is 6.92 Å². The number of piperidine rings is 1. The zero-order valence-electron chi connectivity index (χ0n) is 13.1. The van der Waals surface area contributed by atoms with E-state index in [1.807, 2.05) is 31.2 Å². The first kappa shape index (κ1) is 15.8. The average molecular weight is 290 g/mol. The van der Waals surface area contributed by atoms with E-state index in [1.54, 1.807) is 0 Å². The van der Waals surface area contributed by atoms with Crippen molar-refractivity contribution >= 4 is 11.7 Å². The van der Waals surface area contributed by atoms with Crippen molar-refractivity contribution in [3.63, 3.8) is 0 Å². The second kappa shape index (κ2) is 8.03. The van der Waals surface area contributed by atoms with E-state index in [-0.39, 0.29) is 5.97 Å². The molecule has 1 fully saturated rings. The molecule has 0 atom stereocenters. The highest BCUT2D eigenvalue weighted by Crippen LogP contribution is 2.17. The molecule has 0 spiro atoms. The maximum absolute atomic E-state index is 11.7. The fourth-order valence-electron chi connectivity index (χ4n) is 2.53. The summed E-state index contributed by atoms with van der Waals surface area (Å²) < 4.78 is 5.12. The van der Waals surface area contributed by atoms with E-state index >= 15 is 0 Å². The van der Waals surface area contributed by atoms with Gasteiger partial charge < -0.3 is 15.0 Å². The quantitative estimate of drug-likeness (QED) is 0.818. The first-order valence-electron chi connectivity index (χ1n) is 7.88. The van der Waals surface area contributed by atoms with Crippen molar-refractivity contribution in [3.8, 4) is 0 Å². The van der Waals surface area contributed by atoms with Gasteiger partial charge in [0.1, 0.15) is 0 Å². The average Bonchev–Trinajstić information content (AvgIpc) is 2.52. The van der Waals surface area contributed by atoms with Crippen LogP contribution in [0.15, 0.2) is 24.3 Å². The molecule has 116 valence electrons. The lowest BCUT2D eigenvalue weighted by Gasteiger charge is -2.29. The third kappa shape index (κ3) is 5.05. The molecule has 1 saturated heterocycles. The molecule has 1 heterocycles. The van der Waals surface area contributed by atoms with Crippen molar-refractivity contribution in [1.82, 2.24) is 4.90 Å². The van der Waals surface area contributed by atoms with E-state index < -0.39 is 0 Å². The largest absolute Gasteiger partial charge is 0.462 e. The molecule has 4 heteroatoms. The molecule has 0 aliphatic carbocycles. The molecule has 0 unspecified atom stereocenters. The molecule has 4 nitrogen and oxygen atoms in total. The van der Waals surface area contributed by atoms with Crippen LogP contribution in [0.4, 0.5) is 5.69 Å². The van der Waals surface area contributed by atoms with Crippen LogP contribution in [-0.4, -0.2) is 44.2 Å². The number of ether oxygens (including phenoxy) is 1. The molecule has 1 aromatic carbocycles. The molecule has 0 radical (unpaired) electrons. The molecule has 0 saturated carbocycles. The van der Waals surface area contributed by atoms with Gasteiger partial charge in [0.05, 0.1) is 12.2 Å². The van der Waals surface area contributed by atoms with Crippen LogP contribution in [0.1, 0.15) is 36.5 Å². The van der Waals surface area contributed by atoms with E-state index in [1.165, 1.54) is 25.9 Å². The van der Waals surface area contributed by atoms with Gasteiger partial charge in [-0.25, -0.2) is 4.79 Å². The second-order valence-corrected chi connectivity index (χ2v) is 5.84. The van der Waals surface area contributed by atoms with Gasteiger partial charge in [0.15, 0.2) is 0 Å². The summed E-state index contributed by atoms with van der Waals surface area (Å²) in [6.45, 7) is 5.86. The lowest BCUT2D eigenvalue weighted by atomic mass is 9.97. The predicted octanol–water partition coefficient (Wildman–Crippen LogP) is 3.01. The highest BCUT2D eigenvalue weighted by molar-refractivity contribution is 5.89. The van der Waals surface area contributed by atoms with Gasteiger partial charge in [0, 0.05) is 12.2 Å². The van der Waals surface area contributed by atoms with Crippen molar-refractivity contribution in [1.29, 1.82) is 0 Å². The Labute approximate surface area is 127 Å². The van der Waals surface area contributed by atoms with Crippen LogP contribution in [0.3, 0.4) is 0 Å². The summed E-state index contributed by atoms with van der Waals surface area (Å²) in [5.41, 5.74) is 1.69. The monoisotopic (exact) mass is 290 g/mol. The van der Waals surface area contributed by atoms with E-state index in [0.717, 1.165) is 24.6 Å². The number of anilines is 1. The third-order valence-electron chi connectivity index (χ3n) is 3.99. The number of carbonyl (C=O) groups excluding carboxylic acids is 1. The Morgan fingerprint density at radius 2 is 1.95 bits per heavy atom. The first-order chi connectivity index (χ1) is 10.2. The van der Waals surface area contributed by atoms with Crippen LogP contribution >= 0.6 is 0 Å². The Bertz CT molecular complexity index is 437. The minimum atomic E-state index is -0.237. The number of rotatable bonds is 6. The van der Waals surface area contributed by atoms with Crippen LogP contribution in [0, 0.1) is 5.92 Å². The topological polar surface area (TPSA) is 41.6 Å². The molecule has 0 aromatic heterocycles. The Morgan fingerprint density at radius 1 is 1.29 bits per heavy atom. The van der Waals surface area contributed by atoms with Crippen molar-refractivity contribution in [2.75, 3.05) is 38.6 Å². The minimum absolute atomic E-state index is 0.237. The predicted molar refractivity (Wildman–Crippen MR) is 85.7 cm³/mol. The van der Waals surface area contributed by atoms with Gasteiger partial charge in [0.2, 0.25) is 0 Å². The third-order valence-corrected chi connectivity index (χ3v) is 3.99. The second-order valence-electron chi connectivity index (χ2n) is 5.84. The Balaban J connectivity index is 1.78. The van der Waals surface area contributed by atoms with Crippen LogP contribution in [0.25, 0.3) is 0 Å². The molecule has 2 rings (SSSR count). The summed E-state index contributed by atoms with van der Waals surface area (Å²) in [4.78, 5) is 14.1. The van der Waals surface area contributed by atoms with Crippen molar-refractivity contribution in [2.24, 2.45) is 5.92 Å². The smallest absolute Gasteiger partial charge is 0.338 e. The highest BCUT2D eigenvalue weighted by Gasteiger charge is 2.16. The first-order valence-corrected chi connectivity index (χ1v) is 7.88. The number of nitrogens with zero attached hydrogens (tertiary/aromatic N) is 1. The molecule has 1 N–H and O–H groups in total. The molecule has 0 bridgehead atoms. The number of nitrogens with one attached hydrogen (secondary N) is 1. The molecule has 21 heavy (non-hydrogen) atoms. The molecule has 1 aliphatic rings. The van der Waals surface area contributed by atoms with Crippen LogP contribution in [0.2, 0.25) is 0 Å². The maximum atomic E-state index is 11.7. The van der Waals surface area contributed by atoms with Crippen LogP contribution in [-0.2, 0) is 4.74 Å². The summed E-state index contributed by atoms with van der Waals surface area (Å²) >= 11 is 0. The SMILES string of the molecule is CCCOC(=O)c1ccc(NCC2CCN(C)CC2)cc1. The number of likely N-dealkylation sites (tertiary alicyclic amines) is 1. The van der Waals surface area contributed by atoms with E-state index in [9.17, 15) is 4.79 Å². The van der Waals surface area contributed by atoms with Crippen molar-refractivity contribution in [2.45, 2.75) is 26.2 Å². The highest BCUT2D eigenvalue weighted by atomic mass is 16.5. The Hall–Kier alpha value is -1.55. The summed E-state index contributed by atoms with van der Waals surface area (Å²) in [6, 6.07) is 7.57. The molecular formula is C17H26N2O2. The lowest BCUT2D eigenvalue weighted by Crippen LogP contribution is -2.32. The van der Waals surface area contributed by atoms with Crippen LogP contribution < -0.4 is 5.32 Å². The molecular weight excluding hydrogens is 264 g/mol. The fourth-order valence-corrected chi connectivity index (χ4v) is 2.53. The Kier molecular flexibility index (Phi) is 6.05. The van der Waals surface area contributed by atoms with Gasteiger partial charge in [-0.15, -0.1) is 0 Å². The summed E-state index contributed by atoms with van der Waals surface area (Å²) in [5, 5.41) is 3.47. The molecule has 1 aromatic rings. The number of carbonyl (C=O) groups is 1. The number of hydrogen-bond donors (Lipinski definition) is 1. The van der Waals surface area contributed by atoms with E-state index in [2.05, 4.69) is 17.3 Å². The van der Waals surface area contributed by atoms with Crippen LogP contribution in [0.5, 0.6) is 0 Å². The summed E-state index contributed by atoms with van der Waals surface area (Å²) in [6.07, 6.45) is 3.36. The zero-order valence-corrected chi connectivity index (χ0v) is 13.1. The molecule has 1 aliphatic heterocycles. The minimum Gasteiger partial charge on any atom is -0.462 e. The van der Waals surface area contributed by atoms with Gasteiger partial charge >= 0.3 is 5.97 Å². The van der Waals surface area contributed by atoms with E-state index in [0.29, 0.717) is 12.2 Å². The van der Waals surface area contributed by atoms with Crippen molar-refractivity contribution in [3.05, 3.63) is 29.8 Å². The molecule has 0 amide bonds. The number of hydrogen-bond acceptors (Lipinski definition) is 4. The van der Waals surface area contributed by atoms with E-state index in [4.69, 9.17) is 4.74 Å². The van der Waals surface area contributed by atoms with Crippen molar-refractivity contribution < 1.29 is 9.53 Å². The van der Waals surface area contributed by atoms with Gasteiger partial charge in [0.25, 0.3) is 0 Å². The van der Waals surface area contributed by atoms with Gasteiger partial charge in [-0.2, -0.15) is 0 Å². The summed E-state index contributed by atoms with van der Waals surface area (Å²) in [7, 11) is 2.18. The normalized spacial score (nSPS) is 16.7. The summed E-state index contributed by atoms with van der Waals surface area (Å²) in [5.74, 6) is 0.508. The Morgan fingerprint density at radius 3 is 2.57 bits per heavy atom. The number of esters is 1. The lowest BCUT2D eigenvalue weighted by molar-refractivity contribution is 0.0505.